The number of hydrogen-bond acceptors (Lipinski definition) is 5. The van der Waals surface area contributed by atoms with E-state index in [2.05, 4.69) is 10.3 Å². The molecule has 19 heavy (non-hydrogen) atoms. The highest BCUT2D eigenvalue weighted by molar-refractivity contribution is 6.61. The highest BCUT2D eigenvalue weighted by Gasteiger charge is 2.52. The first-order chi connectivity index (χ1) is 8.77. The van der Waals surface area contributed by atoms with E-state index in [0.717, 1.165) is 0 Å². The lowest BCUT2D eigenvalue weighted by molar-refractivity contribution is 0.00578. The van der Waals surface area contributed by atoms with Gasteiger partial charge in [-0.1, -0.05) is 0 Å². The SMILES string of the molecule is CNCc1nc(B2OC(C)(C)C(C)(C)O2)ccc1O. The van der Waals surface area contributed by atoms with Crippen LogP contribution in [0.1, 0.15) is 33.4 Å². The zero-order valence-corrected chi connectivity index (χ0v) is 12.2. The molecule has 0 atom stereocenters. The average molecular weight is 264 g/mol. The van der Waals surface area contributed by atoms with Gasteiger partial charge < -0.3 is 19.7 Å². The highest BCUT2D eigenvalue weighted by atomic mass is 16.7. The summed E-state index contributed by atoms with van der Waals surface area (Å²) in [4.78, 5) is 4.41. The van der Waals surface area contributed by atoms with Crippen LogP contribution in [0.25, 0.3) is 0 Å². The number of nitrogens with one attached hydrogen (secondary N) is 1. The molecule has 6 heteroatoms. The molecule has 1 saturated heterocycles. The lowest BCUT2D eigenvalue weighted by Gasteiger charge is -2.32. The molecule has 0 unspecified atom stereocenters. The third kappa shape index (κ3) is 2.61. The van der Waals surface area contributed by atoms with E-state index in [1.54, 1.807) is 12.1 Å². The molecule has 104 valence electrons. The van der Waals surface area contributed by atoms with Crippen LogP contribution in [0.4, 0.5) is 0 Å². The minimum atomic E-state index is -0.499. The van der Waals surface area contributed by atoms with Gasteiger partial charge in [-0.3, -0.25) is 4.98 Å². The second-order valence-corrected chi connectivity index (χ2v) is 5.82. The van der Waals surface area contributed by atoms with Gasteiger partial charge in [-0.2, -0.15) is 0 Å². The van der Waals surface area contributed by atoms with Crippen LogP contribution in [0.15, 0.2) is 12.1 Å². The minimum Gasteiger partial charge on any atom is -0.506 e. The Labute approximate surface area is 114 Å². The molecular formula is C13H21BN2O3. The van der Waals surface area contributed by atoms with Gasteiger partial charge in [0.05, 0.1) is 22.5 Å². The van der Waals surface area contributed by atoms with Gasteiger partial charge in [0.1, 0.15) is 5.75 Å². The van der Waals surface area contributed by atoms with Crippen molar-refractivity contribution in [3.63, 3.8) is 0 Å². The Hall–Kier alpha value is -1.11. The summed E-state index contributed by atoms with van der Waals surface area (Å²) >= 11 is 0. The number of nitrogens with zero attached hydrogens (tertiary/aromatic N) is 1. The lowest BCUT2D eigenvalue weighted by atomic mass is 9.84. The summed E-state index contributed by atoms with van der Waals surface area (Å²) < 4.78 is 11.9. The van der Waals surface area contributed by atoms with Crippen LogP contribution in [-0.2, 0) is 15.9 Å². The van der Waals surface area contributed by atoms with E-state index < -0.39 is 7.12 Å². The van der Waals surface area contributed by atoms with Gasteiger partial charge in [0.15, 0.2) is 0 Å². The van der Waals surface area contributed by atoms with E-state index in [1.807, 2.05) is 34.7 Å². The van der Waals surface area contributed by atoms with E-state index in [9.17, 15) is 5.11 Å². The fourth-order valence-electron chi connectivity index (χ4n) is 1.90. The Balaban J connectivity index is 2.27. The largest absolute Gasteiger partial charge is 0.514 e. The maximum Gasteiger partial charge on any atom is 0.514 e. The van der Waals surface area contributed by atoms with Crippen molar-refractivity contribution >= 4 is 12.7 Å². The summed E-state index contributed by atoms with van der Waals surface area (Å²) in [5.41, 5.74) is 0.497. The molecule has 1 aromatic rings. The highest BCUT2D eigenvalue weighted by Crippen LogP contribution is 2.36. The van der Waals surface area contributed by atoms with Crippen molar-refractivity contribution in [1.29, 1.82) is 0 Å². The smallest absolute Gasteiger partial charge is 0.506 e. The van der Waals surface area contributed by atoms with Crippen molar-refractivity contribution in [3.05, 3.63) is 17.8 Å². The van der Waals surface area contributed by atoms with E-state index in [1.165, 1.54) is 0 Å². The molecule has 2 heterocycles. The molecule has 0 aliphatic carbocycles. The van der Waals surface area contributed by atoms with Crippen molar-refractivity contribution in [2.24, 2.45) is 0 Å². The molecule has 0 radical (unpaired) electrons. The van der Waals surface area contributed by atoms with Crippen LogP contribution in [0.5, 0.6) is 5.75 Å². The zero-order valence-electron chi connectivity index (χ0n) is 12.2. The van der Waals surface area contributed by atoms with Gasteiger partial charge in [0.25, 0.3) is 0 Å². The summed E-state index contributed by atoms with van der Waals surface area (Å²) in [7, 11) is 1.31. The van der Waals surface area contributed by atoms with Gasteiger partial charge in [0, 0.05) is 6.54 Å². The molecule has 2 rings (SSSR count). The fourth-order valence-corrected chi connectivity index (χ4v) is 1.90. The number of pyridine rings is 1. The number of aromatic nitrogens is 1. The number of hydrogen-bond donors (Lipinski definition) is 2. The van der Waals surface area contributed by atoms with Crippen molar-refractivity contribution in [1.82, 2.24) is 10.3 Å². The maximum atomic E-state index is 9.73. The summed E-state index contributed by atoms with van der Waals surface area (Å²) in [6, 6.07) is 3.36. The summed E-state index contributed by atoms with van der Waals surface area (Å²) in [5.74, 6) is 0.176. The average Bonchev–Trinajstić information content (AvgIpc) is 2.51. The fraction of sp³-hybridized carbons (Fsp3) is 0.615. The second-order valence-electron chi connectivity index (χ2n) is 5.82. The maximum absolute atomic E-state index is 9.73. The molecule has 1 aliphatic heterocycles. The third-order valence-corrected chi connectivity index (χ3v) is 3.81. The Morgan fingerprint density at radius 2 is 1.79 bits per heavy atom. The number of rotatable bonds is 3. The molecule has 1 aliphatic rings. The van der Waals surface area contributed by atoms with E-state index in [-0.39, 0.29) is 17.0 Å². The molecule has 0 bridgehead atoms. The molecular weight excluding hydrogens is 243 g/mol. The van der Waals surface area contributed by atoms with Crippen LogP contribution in [0.3, 0.4) is 0 Å². The summed E-state index contributed by atoms with van der Waals surface area (Å²) in [5, 5.41) is 12.7. The van der Waals surface area contributed by atoms with Crippen LogP contribution in [0, 0.1) is 0 Å². The Kier molecular flexibility index (Phi) is 3.60. The molecule has 0 amide bonds. The zero-order chi connectivity index (χ0) is 14.3. The van der Waals surface area contributed by atoms with Gasteiger partial charge in [-0.15, -0.1) is 0 Å². The molecule has 0 aromatic carbocycles. The molecule has 1 aromatic heterocycles. The standard InChI is InChI=1S/C13H21BN2O3/c1-12(2)13(3,4)19-14(18-12)11-7-6-10(17)9(16-11)8-15-5/h6-7,15,17H,8H2,1-5H3. The molecule has 2 N–H and O–H groups in total. The second kappa shape index (κ2) is 4.78. The van der Waals surface area contributed by atoms with E-state index in [0.29, 0.717) is 17.8 Å². The molecule has 5 nitrogen and oxygen atoms in total. The van der Waals surface area contributed by atoms with Crippen LogP contribution < -0.4 is 10.9 Å². The quantitative estimate of drug-likeness (QED) is 0.791. The monoisotopic (exact) mass is 264 g/mol. The molecule has 0 saturated carbocycles. The van der Waals surface area contributed by atoms with Gasteiger partial charge in [-0.25, -0.2) is 0 Å². The first kappa shape index (κ1) is 14.3. The van der Waals surface area contributed by atoms with Crippen molar-refractivity contribution in [2.75, 3.05) is 7.05 Å². The van der Waals surface area contributed by atoms with Gasteiger partial charge >= 0.3 is 7.12 Å². The Morgan fingerprint density at radius 3 is 2.32 bits per heavy atom. The Morgan fingerprint density at radius 1 is 1.21 bits per heavy atom. The first-order valence-electron chi connectivity index (χ1n) is 6.46. The normalized spacial score (nSPS) is 20.8. The van der Waals surface area contributed by atoms with Gasteiger partial charge in [0.2, 0.25) is 0 Å². The van der Waals surface area contributed by atoms with Gasteiger partial charge in [-0.05, 0) is 46.9 Å². The summed E-state index contributed by atoms with van der Waals surface area (Å²) in [6.45, 7) is 8.51. The summed E-state index contributed by atoms with van der Waals surface area (Å²) in [6.07, 6.45) is 0. The molecule has 1 fully saturated rings. The Bertz CT molecular complexity index is 461. The third-order valence-electron chi connectivity index (χ3n) is 3.81. The predicted molar refractivity (Wildman–Crippen MR) is 74.4 cm³/mol. The number of aromatic hydroxyl groups is 1. The lowest BCUT2D eigenvalue weighted by Crippen LogP contribution is -2.41. The topological polar surface area (TPSA) is 63.6 Å². The minimum absolute atomic E-state index is 0.176. The van der Waals surface area contributed by atoms with Crippen LogP contribution >= 0.6 is 0 Å². The molecule has 0 spiro atoms. The van der Waals surface area contributed by atoms with E-state index in [4.69, 9.17) is 9.31 Å². The van der Waals surface area contributed by atoms with Crippen molar-refractivity contribution < 1.29 is 14.4 Å². The van der Waals surface area contributed by atoms with Crippen LogP contribution in [0.2, 0.25) is 0 Å². The van der Waals surface area contributed by atoms with Crippen molar-refractivity contribution in [3.8, 4) is 5.75 Å². The van der Waals surface area contributed by atoms with E-state index >= 15 is 0 Å². The first-order valence-corrected chi connectivity index (χ1v) is 6.46. The van der Waals surface area contributed by atoms with Crippen molar-refractivity contribution in [2.45, 2.75) is 45.4 Å². The van der Waals surface area contributed by atoms with Crippen LogP contribution in [-0.4, -0.2) is 35.5 Å². The predicted octanol–water partition coefficient (Wildman–Crippen LogP) is 0.806.